The van der Waals surface area contributed by atoms with E-state index in [1.54, 1.807) is 11.3 Å². The van der Waals surface area contributed by atoms with Gasteiger partial charge in [0, 0.05) is 33.0 Å². The molecule has 10 rings (SSSR count). The molecule has 0 spiro atoms. The van der Waals surface area contributed by atoms with Crippen molar-refractivity contribution in [3.63, 3.8) is 0 Å². The Morgan fingerprint density at radius 3 is 1.85 bits per heavy atom. The molecule has 0 aliphatic carbocycles. The summed E-state index contributed by atoms with van der Waals surface area (Å²) in [5, 5.41) is 3.04. The Bertz CT molecular complexity index is 2860. The van der Waals surface area contributed by atoms with Crippen LogP contribution in [0.4, 0.5) is 0 Å². The SMILES string of the molecule is c1ccc(-c2ccc(-c3cc(-c4cccc5oc6ccc(-c7nc8ccccc8s7)cc6c45)nc(-c4cccc(-c5ccccc5)c4)n3)cc2)cc1. The van der Waals surface area contributed by atoms with E-state index >= 15 is 0 Å². The molecule has 10 aromatic rings. The lowest BCUT2D eigenvalue weighted by Gasteiger charge is -2.12. The highest BCUT2D eigenvalue weighted by atomic mass is 32.1. The highest BCUT2D eigenvalue weighted by Gasteiger charge is 2.18. The van der Waals surface area contributed by atoms with Crippen LogP contribution in [0, 0.1) is 0 Å². The van der Waals surface area contributed by atoms with Crippen molar-refractivity contribution in [2.24, 2.45) is 0 Å². The molecule has 244 valence electrons. The van der Waals surface area contributed by atoms with Crippen LogP contribution in [0.3, 0.4) is 0 Å². The first-order valence-electron chi connectivity index (χ1n) is 17.3. The Balaban J connectivity index is 1.15. The molecule has 0 saturated carbocycles. The van der Waals surface area contributed by atoms with Gasteiger partial charge in [-0.3, -0.25) is 0 Å². The predicted octanol–water partition coefficient (Wildman–Crippen LogP) is 13.0. The molecule has 0 amide bonds. The molecule has 4 nitrogen and oxygen atoms in total. The van der Waals surface area contributed by atoms with Crippen molar-refractivity contribution in [2.75, 3.05) is 0 Å². The Morgan fingerprint density at radius 2 is 1.04 bits per heavy atom. The molecule has 0 atom stereocenters. The Morgan fingerprint density at radius 1 is 0.404 bits per heavy atom. The van der Waals surface area contributed by atoms with Gasteiger partial charge in [0.25, 0.3) is 0 Å². The zero-order chi connectivity index (χ0) is 34.4. The second-order valence-electron chi connectivity index (χ2n) is 12.8. The van der Waals surface area contributed by atoms with E-state index in [2.05, 4.69) is 146 Å². The van der Waals surface area contributed by atoms with Crippen LogP contribution < -0.4 is 0 Å². The summed E-state index contributed by atoms with van der Waals surface area (Å²) in [6.45, 7) is 0. The quantitative estimate of drug-likeness (QED) is 0.175. The monoisotopic (exact) mass is 683 g/mol. The van der Waals surface area contributed by atoms with Crippen LogP contribution in [0.25, 0.3) is 98.9 Å². The van der Waals surface area contributed by atoms with Crippen molar-refractivity contribution < 1.29 is 4.42 Å². The van der Waals surface area contributed by atoms with Crippen molar-refractivity contribution in [1.29, 1.82) is 0 Å². The Hall–Kier alpha value is -6.69. The smallest absolute Gasteiger partial charge is 0.160 e. The molecule has 0 radical (unpaired) electrons. The van der Waals surface area contributed by atoms with Crippen LogP contribution in [0.5, 0.6) is 0 Å². The standard InChI is InChI=1S/C47H29N3OS/c1-3-11-30(12-4-1)32-21-23-33(24-22-32)40-29-41(49-46(48-40)35-16-9-15-34(27-35)31-13-5-2-6-14-31)37-17-10-19-43-45(37)38-28-36(25-26-42(38)51-43)47-50-39-18-7-8-20-44(39)52-47/h1-29H. The maximum absolute atomic E-state index is 6.45. The summed E-state index contributed by atoms with van der Waals surface area (Å²) >= 11 is 1.70. The fourth-order valence-corrected chi connectivity index (χ4v) is 7.93. The second-order valence-corrected chi connectivity index (χ2v) is 13.9. The van der Waals surface area contributed by atoms with E-state index in [0.717, 1.165) is 82.8 Å². The summed E-state index contributed by atoms with van der Waals surface area (Å²) in [4.78, 5) is 15.4. The number of fused-ring (bicyclic) bond motifs is 4. The second kappa shape index (κ2) is 12.6. The van der Waals surface area contributed by atoms with Crippen molar-refractivity contribution in [3.05, 3.63) is 176 Å². The first kappa shape index (κ1) is 30.2. The van der Waals surface area contributed by atoms with E-state index in [4.69, 9.17) is 19.4 Å². The first-order chi connectivity index (χ1) is 25.7. The Labute approximate surface area is 304 Å². The van der Waals surface area contributed by atoms with Gasteiger partial charge in [0.1, 0.15) is 16.2 Å². The van der Waals surface area contributed by atoms with Gasteiger partial charge in [-0.2, -0.15) is 0 Å². The van der Waals surface area contributed by atoms with E-state index in [1.807, 2.05) is 30.3 Å². The molecular formula is C47H29N3OS. The number of thiazole rings is 1. The summed E-state index contributed by atoms with van der Waals surface area (Å²) in [6.07, 6.45) is 0. The number of hydrogen-bond donors (Lipinski definition) is 0. The zero-order valence-corrected chi connectivity index (χ0v) is 28.7. The number of furan rings is 1. The molecule has 3 aromatic heterocycles. The fraction of sp³-hybridized carbons (Fsp3) is 0. The molecule has 0 fully saturated rings. The van der Waals surface area contributed by atoms with Crippen LogP contribution in [-0.4, -0.2) is 15.0 Å². The van der Waals surface area contributed by atoms with Gasteiger partial charge in [-0.25, -0.2) is 15.0 Å². The highest BCUT2D eigenvalue weighted by Crippen LogP contribution is 2.40. The van der Waals surface area contributed by atoms with E-state index < -0.39 is 0 Å². The third-order valence-corrected chi connectivity index (χ3v) is 10.6. The summed E-state index contributed by atoms with van der Waals surface area (Å²) < 4.78 is 7.62. The molecule has 3 heterocycles. The largest absolute Gasteiger partial charge is 0.456 e. The minimum atomic E-state index is 0.664. The fourth-order valence-electron chi connectivity index (χ4n) is 6.96. The topological polar surface area (TPSA) is 51.8 Å². The molecule has 0 N–H and O–H groups in total. The lowest BCUT2D eigenvalue weighted by molar-refractivity contribution is 0.669. The highest BCUT2D eigenvalue weighted by molar-refractivity contribution is 7.21. The number of hydrogen-bond acceptors (Lipinski definition) is 5. The van der Waals surface area contributed by atoms with Crippen LogP contribution in [0.15, 0.2) is 180 Å². The third kappa shape index (κ3) is 5.45. The maximum atomic E-state index is 6.45. The van der Waals surface area contributed by atoms with Gasteiger partial charge in [0.2, 0.25) is 0 Å². The van der Waals surface area contributed by atoms with Gasteiger partial charge in [-0.15, -0.1) is 11.3 Å². The lowest BCUT2D eigenvalue weighted by atomic mass is 9.99. The molecular weight excluding hydrogens is 655 g/mol. The summed E-state index contributed by atoms with van der Waals surface area (Å²) in [7, 11) is 0. The predicted molar refractivity (Wildman–Crippen MR) is 215 cm³/mol. The number of nitrogens with zero attached hydrogens (tertiary/aromatic N) is 3. The molecule has 52 heavy (non-hydrogen) atoms. The molecule has 0 aliphatic heterocycles. The summed E-state index contributed by atoms with van der Waals surface area (Å²) in [5.74, 6) is 0.664. The van der Waals surface area contributed by atoms with Crippen molar-refractivity contribution in [3.8, 4) is 66.7 Å². The van der Waals surface area contributed by atoms with Gasteiger partial charge in [0.05, 0.1) is 21.6 Å². The van der Waals surface area contributed by atoms with Crippen molar-refractivity contribution in [1.82, 2.24) is 15.0 Å². The molecule has 0 unspecified atom stereocenters. The van der Waals surface area contributed by atoms with E-state index in [0.29, 0.717) is 5.82 Å². The third-order valence-electron chi connectivity index (χ3n) is 9.55. The summed E-state index contributed by atoms with van der Waals surface area (Å²) in [5.41, 5.74) is 13.0. The minimum Gasteiger partial charge on any atom is -0.456 e. The van der Waals surface area contributed by atoms with E-state index in [-0.39, 0.29) is 0 Å². The molecule has 0 aliphatic rings. The molecule has 5 heteroatoms. The van der Waals surface area contributed by atoms with Gasteiger partial charge in [-0.1, -0.05) is 127 Å². The molecule has 7 aromatic carbocycles. The van der Waals surface area contributed by atoms with Crippen molar-refractivity contribution >= 4 is 43.5 Å². The van der Waals surface area contributed by atoms with Gasteiger partial charge < -0.3 is 4.42 Å². The zero-order valence-electron chi connectivity index (χ0n) is 27.9. The molecule has 0 saturated heterocycles. The van der Waals surface area contributed by atoms with Gasteiger partial charge in [0.15, 0.2) is 5.82 Å². The van der Waals surface area contributed by atoms with Crippen molar-refractivity contribution in [2.45, 2.75) is 0 Å². The average Bonchev–Trinajstić information content (AvgIpc) is 3.83. The number of rotatable bonds is 6. The van der Waals surface area contributed by atoms with E-state index in [9.17, 15) is 0 Å². The number of aromatic nitrogens is 3. The summed E-state index contributed by atoms with van der Waals surface area (Å²) in [6, 6.07) is 60.9. The van der Waals surface area contributed by atoms with Gasteiger partial charge in [-0.05, 0) is 70.8 Å². The normalized spacial score (nSPS) is 11.5. The lowest BCUT2D eigenvalue weighted by Crippen LogP contribution is -1.96. The number of para-hydroxylation sites is 1. The first-order valence-corrected chi connectivity index (χ1v) is 18.1. The molecule has 0 bridgehead atoms. The van der Waals surface area contributed by atoms with Gasteiger partial charge >= 0.3 is 0 Å². The van der Waals surface area contributed by atoms with Crippen LogP contribution in [0.1, 0.15) is 0 Å². The average molecular weight is 684 g/mol. The minimum absolute atomic E-state index is 0.664. The van der Waals surface area contributed by atoms with Crippen LogP contribution in [0.2, 0.25) is 0 Å². The Kier molecular flexibility index (Phi) is 7.29. The van der Waals surface area contributed by atoms with E-state index in [1.165, 1.54) is 10.3 Å². The van der Waals surface area contributed by atoms with Crippen LogP contribution >= 0.6 is 11.3 Å². The maximum Gasteiger partial charge on any atom is 0.160 e. The number of benzene rings is 7. The van der Waals surface area contributed by atoms with Crippen LogP contribution in [-0.2, 0) is 0 Å².